The minimum Gasteiger partial charge on any atom is -0.364 e. The lowest BCUT2D eigenvalue weighted by molar-refractivity contribution is 0.0994. The van der Waals surface area contributed by atoms with Crippen molar-refractivity contribution in [2.24, 2.45) is 5.73 Å². The van der Waals surface area contributed by atoms with E-state index >= 15 is 0 Å². The number of anilines is 1. The van der Waals surface area contributed by atoms with E-state index in [4.69, 9.17) is 40.5 Å². The van der Waals surface area contributed by atoms with Gasteiger partial charge in [-0.1, -0.05) is 58.2 Å². The molecule has 0 unspecified atom stereocenters. The van der Waals surface area contributed by atoms with Crippen molar-refractivity contribution >= 4 is 58.2 Å². The molecule has 0 saturated heterocycles. The van der Waals surface area contributed by atoms with Crippen LogP contribution in [0.25, 0.3) is 0 Å². The van der Waals surface area contributed by atoms with Crippen LogP contribution in [0.4, 0.5) is 5.82 Å². The summed E-state index contributed by atoms with van der Waals surface area (Å²) in [6.45, 7) is 0.0273. The first-order valence-electron chi connectivity index (χ1n) is 10.1. The molecule has 0 bridgehead atoms. The molecule has 0 aliphatic carbocycles. The van der Waals surface area contributed by atoms with Crippen LogP contribution in [-0.4, -0.2) is 32.6 Å². The number of carbonyl (C=O) groups is 3. The molecule has 0 aliphatic heterocycles. The molecule has 0 spiro atoms. The lowest BCUT2D eigenvalue weighted by atomic mass is 10.0. The monoisotopic (exact) mass is 527 g/mol. The van der Waals surface area contributed by atoms with Crippen LogP contribution in [0.1, 0.15) is 42.3 Å². The minimum atomic E-state index is -0.861. The maximum Gasteiger partial charge on any atom is 0.273 e. The Bertz CT molecular complexity index is 1410. The van der Waals surface area contributed by atoms with Crippen LogP contribution in [0, 0.1) is 0 Å². The van der Waals surface area contributed by atoms with Gasteiger partial charge >= 0.3 is 0 Å². The van der Waals surface area contributed by atoms with Crippen molar-refractivity contribution in [1.29, 1.82) is 0 Å². The zero-order valence-corrected chi connectivity index (χ0v) is 20.1. The molecule has 8 nitrogen and oxygen atoms in total. The Morgan fingerprint density at radius 2 is 1.51 bits per heavy atom. The van der Waals surface area contributed by atoms with E-state index in [0.717, 1.165) is 0 Å². The summed E-state index contributed by atoms with van der Waals surface area (Å²) in [5, 5.41) is 11.1. The Labute approximate surface area is 214 Å². The lowest BCUT2D eigenvalue weighted by Gasteiger charge is -2.12. The lowest BCUT2D eigenvalue weighted by Crippen LogP contribution is -2.20. The third kappa shape index (κ3) is 5.35. The second-order valence-electron chi connectivity index (χ2n) is 7.40. The van der Waals surface area contributed by atoms with Gasteiger partial charge in [-0.2, -0.15) is 0 Å². The number of aromatic nitrogens is 3. The van der Waals surface area contributed by atoms with Gasteiger partial charge in [-0.25, -0.2) is 4.68 Å². The summed E-state index contributed by atoms with van der Waals surface area (Å²) >= 11 is 18.7. The van der Waals surface area contributed by atoms with Gasteiger partial charge in [0.2, 0.25) is 0 Å². The molecule has 11 heteroatoms. The van der Waals surface area contributed by atoms with Crippen LogP contribution in [0.15, 0.2) is 66.7 Å². The molecule has 3 aromatic carbocycles. The fourth-order valence-electron chi connectivity index (χ4n) is 3.34. The van der Waals surface area contributed by atoms with Crippen LogP contribution >= 0.6 is 34.8 Å². The molecule has 0 saturated carbocycles. The predicted octanol–water partition coefficient (Wildman–Crippen LogP) is 4.87. The van der Waals surface area contributed by atoms with Gasteiger partial charge in [0.05, 0.1) is 22.2 Å². The third-order valence-corrected chi connectivity index (χ3v) is 5.85. The number of nitrogens with two attached hydrogens (primary N) is 1. The van der Waals surface area contributed by atoms with Gasteiger partial charge in [-0.3, -0.25) is 14.4 Å². The van der Waals surface area contributed by atoms with Crippen LogP contribution in [-0.2, 0) is 6.54 Å². The molecule has 35 heavy (non-hydrogen) atoms. The van der Waals surface area contributed by atoms with E-state index in [1.165, 1.54) is 4.68 Å². The Morgan fingerprint density at radius 3 is 2.11 bits per heavy atom. The van der Waals surface area contributed by atoms with Crippen molar-refractivity contribution in [2.75, 3.05) is 5.32 Å². The highest BCUT2D eigenvalue weighted by molar-refractivity contribution is 6.41. The molecule has 4 aromatic rings. The Morgan fingerprint density at radius 1 is 0.886 bits per heavy atom. The van der Waals surface area contributed by atoms with Crippen LogP contribution < -0.4 is 11.1 Å². The number of benzene rings is 3. The zero-order valence-electron chi connectivity index (χ0n) is 17.8. The van der Waals surface area contributed by atoms with Crippen molar-refractivity contribution in [3.8, 4) is 0 Å². The van der Waals surface area contributed by atoms with Crippen LogP contribution in [0.3, 0.4) is 0 Å². The number of amides is 2. The van der Waals surface area contributed by atoms with Crippen LogP contribution in [0.2, 0.25) is 15.1 Å². The summed E-state index contributed by atoms with van der Waals surface area (Å²) in [7, 11) is 0. The van der Waals surface area contributed by atoms with Gasteiger partial charge in [0.1, 0.15) is 0 Å². The Hall–Kier alpha value is -3.72. The van der Waals surface area contributed by atoms with Crippen molar-refractivity contribution < 1.29 is 14.4 Å². The van der Waals surface area contributed by atoms with E-state index in [9.17, 15) is 14.4 Å². The topological polar surface area (TPSA) is 120 Å². The molecule has 0 radical (unpaired) electrons. The standard InChI is InChI=1S/C24H16Cl3N5O3/c25-16-8-6-14(7-9-16)21(33)19-17(26)10-13(11-18(19)27)12-32-23(20(22(28)34)30-31-32)29-24(35)15-4-2-1-3-5-15/h1-11H,12H2,(H2,28,34)(H,29,35). The maximum absolute atomic E-state index is 12.9. The first-order chi connectivity index (χ1) is 16.7. The summed E-state index contributed by atoms with van der Waals surface area (Å²) in [4.78, 5) is 37.4. The number of ketones is 1. The van der Waals surface area contributed by atoms with Crippen molar-refractivity contribution in [2.45, 2.75) is 6.54 Å². The molecule has 3 N–H and O–H groups in total. The molecular formula is C24H16Cl3N5O3. The normalized spacial score (nSPS) is 10.7. The van der Waals surface area contributed by atoms with E-state index in [2.05, 4.69) is 15.6 Å². The highest BCUT2D eigenvalue weighted by atomic mass is 35.5. The van der Waals surface area contributed by atoms with Gasteiger partial charge in [0.25, 0.3) is 11.8 Å². The zero-order chi connectivity index (χ0) is 25.1. The van der Waals surface area contributed by atoms with Gasteiger partial charge in [0, 0.05) is 16.1 Å². The number of nitrogens with one attached hydrogen (secondary N) is 1. The van der Waals surface area contributed by atoms with E-state index in [1.54, 1.807) is 66.7 Å². The summed E-state index contributed by atoms with van der Waals surface area (Å²) in [5.41, 5.74) is 6.62. The van der Waals surface area contributed by atoms with Gasteiger partial charge < -0.3 is 11.1 Å². The summed E-state index contributed by atoms with van der Waals surface area (Å²) in [6, 6.07) is 17.8. The van der Waals surface area contributed by atoms with E-state index in [0.29, 0.717) is 21.7 Å². The summed E-state index contributed by atoms with van der Waals surface area (Å²) in [6.07, 6.45) is 0. The Kier molecular flexibility index (Phi) is 7.16. The average Bonchev–Trinajstić information content (AvgIpc) is 3.21. The van der Waals surface area contributed by atoms with Crippen LogP contribution in [0.5, 0.6) is 0 Å². The van der Waals surface area contributed by atoms with Crippen molar-refractivity contribution in [3.05, 3.63) is 110 Å². The smallest absolute Gasteiger partial charge is 0.273 e. The molecule has 176 valence electrons. The number of hydrogen-bond donors (Lipinski definition) is 2. The second kappa shape index (κ2) is 10.3. The maximum atomic E-state index is 12.9. The summed E-state index contributed by atoms with van der Waals surface area (Å²) in [5.74, 6) is -1.69. The number of carbonyl (C=O) groups excluding carboxylic acids is 3. The number of rotatable bonds is 7. The number of hydrogen-bond acceptors (Lipinski definition) is 5. The highest BCUT2D eigenvalue weighted by Crippen LogP contribution is 2.30. The highest BCUT2D eigenvalue weighted by Gasteiger charge is 2.22. The molecule has 1 heterocycles. The third-order valence-electron chi connectivity index (χ3n) is 5.00. The largest absolute Gasteiger partial charge is 0.364 e. The average molecular weight is 529 g/mol. The van der Waals surface area contributed by atoms with E-state index < -0.39 is 11.8 Å². The minimum absolute atomic E-state index is 0.0138. The molecular weight excluding hydrogens is 513 g/mol. The number of primary amides is 1. The quantitative estimate of drug-likeness (QED) is 0.332. The first kappa shape index (κ1) is 24.4. The second-order valence-corrected chi connectivity index (χ2v) is 8.65. The fourth-order valence-corrected chi connectivity index (χ4v) is 4.16. The number of halogens is 3. The van der Waals surface area contributed by atoms with Crippen molar-refractivity contribution in [1.82, 2.24) is 15.0 Å². The molecule has 0 aliphatic rings. The van der Waals surface area contributed by atoms with E-state index in [-0.39, 0.29) is 39.4 Å². The van der Waals surface area contributed by atoms with E-state index in [1.807, 2.05) is 0 Å². The van der Waals surface area contributed by atoms with Gasteiger partial charge in [-0.05, 0) is 54.1 Å². The first-order valence-corrected chi connectivity index (χ1v) is 11.3. The molecule has 2 amide bonds. The number of nitrogens with zero attached hydrogens (tertiary/aromatic N) is 3. The molecule has 0 fully saturated rings. The summed E-state index contributed by atoms with van der Waals surface area (Å²) < 4.78 is 1.28. The predicted molar refractivity (Wildman–Crippen MR) is 133 cm³/mol. The fraction of sp³-hybridized carbons (Fsp3) is 0.0417. The molecule has 4 rings (SSSR count). The van der Waals surface area contributed by atoms with Gasteiger partial charge in [-0.15, -0.1) is 5.10 Å². The SMILES string of the molecule is NC(=O)c1nnn(Cc2cc(Cl)c(C(=O)c3ccc(Cl)cc3)c(Cl)c2)c1NC(=O)c1ccccc1. The molecule has 1 aromatic heterocycles. The van der Waals surface area contributed by atoms with Crippen molar-refractivity contribution in [3.63, 3.8) is 0 Å². The van der Waals surface area contributed by atoms with Gasteiger partial charge in [0.15, 0.2) is 17.3 Å². The Balaban J connectivity index is 1.64. The molecule has 0 atom stereocenters.